The minimum absolute atomic E-state index is 0.100. The third-order valence-electron chi connectivity index (χ3n) is 3.00. The van der Waals surface area contributed by atoms with E-state index in [1.54, 1.807) is 6.07 Å². The number of hydrogen-bond donors (Lipinski definition) is 1. The van der Waals surface area contributed by atoms with Crippen LogP contribution < -0.4 is 5.32 Å². The summed E-state index contributed by atoms with van der Waals surface area (Å²) in [6.45, 7) is 4.01. The van der Waals surface area contributed by atoms with Crippen molar-refractivity contribution in [2.24, 2.45) is 0 Å². The van der Waals surface area contributed by atoms with Crippen LogP contribution in [-0.2, 0) is 0 Å². The number of amides is 1. The Labute approximate surface area is 125 Å². The number of rotatable bonds is 3. The minimum atomic E-state index is -0.249. The molecule has 0 radical (unpaired) electrons. The molecule has 0 bridgehead atoms. The monoisotopic (exact) mass is 299 g/mol. The highest BCUT2D eigenvalue weighted by Crippen LogP contribution is 2.24. The largest absolute Gasteiger partial charge is 0.403 e. The van der Waals surface area contributed by atoms with Crippen molar-refractivity contribution in [2.45, 2.75) is 13.8 Å². The van der Waals surface area contributed by atoms with E-state index in [1.807, 2.05) is 43.5 Å². The third kappa shape index (κ3) is 2.85. The van der Waals surface area contributed by atoms with Gasteiger partial charge in [-0.3, -0.25) is 10.1 Å². The third-order valence-corrected chi connectivity index (χ3v) is 3.87. The first-order valence-electron chi connectivity index (χ1n) is 6.39. The van der Waals surface area contributed by atoms with Crippen molar-refractivity contribution < 1.29 is 9.21 Å². The number of carbonyl (C=O) groups is 1. The van der Waals surface area contributed by atoms with Gasteiger partial charge in [-0.2, -0.15) is 0 Å². The fourth-order valence-corrected chi connectivity index (χ4v) is 2.62. The van der Waals surface area contributed by atoms with Crippen LogP contribution in [-0.4, -0.2) is 16.1 Å². The smallest absolute Gasteiger partial charge is 0.322 e. The van der Waals surface area contributed by atoms with Gasteiger partial charge in [-0.1, -0.05) is 28.9 Å². The minimum Gasteiger partial charge on any atom is -0.403 e. The van der Waals surface area contributed by atoms with Crippen molar-refractivity contribution in [1.29, 1.82) is 0 Å². The fourth-order valence-electron chi connectivity index (χ4n) is 2.00. The van der Waals surface area contributed by atoms with E-state index in [9.17, 15) is 4.79 Å². The van der Waals surface area contributed by atoms with Crippen LogP contribution in [0.5, 0.6) is 0 Å². The summed E-state index contributed by atoms with van der Waals surface area (Å²) in [6, 6.07) is 9.61. The molecule has 0 aliphatic heterocycles. The van der Waals surface area contributed by atoms with Crippen LogP contribution >= 0.6 is 11.3 Å². The Morgan fingerprint density at radius 1 is 1.24 bits per heavy atom. The zero-order valence-corrected chi connectivity index (χ0v) is 12.4. The second-order valence-corrected chi connectivity index (χ2v) is 5.61. The Morgan fingerprint density at radius 3 is 2.81 bits per heavy atom. The van der Waals surface area contributed by atoms with Crippen LogP contribution in [0.15, 0.2) is 40.1 Å². The zero-order valence-electron chi connectivity index (χ0n) is 11.6. The van der Waals surface area contributed by atoms with Crippen LogP contribution in [0.1, 0.15) is 20.8 Å². The lowest BCUT2D eigenvalue weighted by molar-refractivity contribution is 0.102. The molecule has 3 rings (SSSR count). The molecule has 0 unspecified atom stereocenters. The molecule has 2 aromatic heterocycles. The lowest BCUT2D eigenvalue weighted by Gasteiger charge is -2.01. The van der Waals surface area contributed by atoms with Crippen molar-refractivity contribution in [3.63, 3.8) is 0 Å². The van der Waals surface area contributed by atoms with Gasteiger partial charge in [-0.05, 0) is 36.9 Å². The molecule has 0 fully saturated rings. The number of nitrogens with one attached hydrogen (secondary N) is 1. The van der Waals surface area contributed by atoms with E-state index in [4.69, 9.17) is 4.42 Å². The average Bonchev–Trinajstić information content (AvgIpc) is 3.09. The van der Waals surface area contributed by atoms with Gasteiger partial charge < -0.3 is 4.42 Å². The molecule has 0 atom stereocenters. The number of aromatic nitrogens is 2. The highest BCUT2D eigenvalue weighted by Gasteiger charge is 2.14. The van der Waals surface area contributed by atoms with Crippen LogP contribution in [0.2, 0.25) is 0 Å². The average molecular weight is 299 g/mol. The Morgan fingerprint density at radius 2 is 2.10 bits per heavy atom. The molecule has 1 amide bonds. The van der Waals surface area contributed by atoms with Gasteiger partial charge in [-0.25, -0.2) is 0 Å². The van der Waals surface area contributed by atoms with Crippen molar-refractivity contribution in [3.05, 3.63) is 51.7 Å². The van der Waals surface area contributed by atoms with E-state index in [2.05, 4.69) is 15.5 Å². The number of nitrogens with zero attached hydrogens (tertiary/aromatic N) is 2. The van der Waals surface area contributed by atoms with Gasteiger partial charge in [0.2, 0.25) is 5.89 Å². The number of hydrogen-bond acceptors (Lipinski definition) is 5. The summed E-state index contributed by atoms with van der Waals surface area (Å²) in [4.78, 5) is 12.5. The van der Waals surface area contributed by atoms with E-state index < -0.39 is 0 Å². The summed E-state index contributed by atoms with van der Waals surface area (Å²) < 4.78 is 5.51. The van der Waals surface area contributed by atoms with Crippen LogP contribution in [0.4, 0.5) is 6.01 Å². The molecule has 0 spiro atoms. The number of anilines is 1. The number of carbonyl (C=O) groups excluding carboxylic acids is 1. The highest BCUT2D eigenvalue weighted by molar-refractivity contribution is 7.12. The SMILES string of the molecule is Cc1ccc(-c2nnc(NC(=O)c3cccs3)o2)c(C)c1. The molecule has 0 aliphatic rings. The van der Waals surface area contributed by atoms with Gasteiger partial charge in [-0.15, -0.1) is 16.4 Å². The molecule has 0 saturated carbocycles. The van der Waals surface area contributed by atoms with Gasteiger partial charge in [0.15, 0.2) is 0 Å². The van der Waals surface area contributed by atoms with E-state index >= 15 is 0 Å². The molecular weight excluding hydrogens is 286 g/mol. The van der Waals surface area contributed by atoms with E-state index in [1.165, 1.54) is 16.9 Å². The van der Waals surface area contributed by atoms with Gasteiger partial charge in [0.25, 0.3) is 5.91 Å². The second-order valence-electron chi connectivity index (χ2n) is 4.66. The first-order valence-corrected chi connectivity index (χ1v) is 7.27. The van der Waals surface area contributed by atoms with Gasteiger partial charge in [0.05, 0.1) is 4.88 Å². The summed E-state index contributed by atoms with van der Waals surface area (Å²) in [5.41, 5.74) is 3.08. The molecule has 1 N–H and O–H groups in total. The van der Waals surface area contributed by atoms with Gasteiger partial charge >= 0.3 is 6.01 Å². The number of benzene rings is 1. The molecule has 2 heterocycles. The molecule has 0 saturated heterocycles. The maximum atomic E-state index is 11.9. The van der Waals surface area contributed by atoms with E-state index in [-0.39, 0.29) is 11.9 Å². The molecule has 3 aromatic rings. The molecule has 106 valence electrons. The summed E-state index contributed by atoms with van der Waals surface area (Å²) in [5, 5.41) is 12.3. The number of aryl methyl sites for hydroxylation is 2. The van der Waals surface area contributed by atoms with Gasteiger partial charge in [0.1, 0.15) is 0 Å². The zero-order chi connectivity index (χ0) is 14.8. The van der Waals surface area contributed by atoms with Gasteiger partial charge in [0, 0.05) is 5.56 Å². The standard InChI is InChI=1S/C15H13N3O2S/c1-9-5-6-11(10(2)8-9)14-17-18-15(20-14)16-13(19)12-4-3-7-21-12/h3-8H,1-2H3,(H,16,18,19). The Hall–Kier alpha value is -2.47. The maximum Gasteiger partial charge on any atom is 0.322 e. The van der Waals surface area contributed by atoms with Crippen molar-refractivity contribution in [2.75, 3.05) is 5.32 Å². The molecule has 5 nitrogen and oxygen atoms in total. The Balaban J connectivity index is 1.82. The predicted molar refractivity (Wildman–Crippen MR) is 81.5 cm³/mol. The first-order chi connectivity index (χ1) is 10.1. The summed E-state index contributed by atoms with van der Waals surface area (Å²) in [6.07, 6.45) is 0. The number of thiophene rings is 1. The maximum absolute atomic E-state index is 11.9. The highest BCUT2D eigenvalue weighted by atomic mass is 32.1. The lowest BCUT2D eigenvalue weighted by Crippen LogP contribution is -2.10. The Bertz CT molecular complexity index is 778. The molecule has 21 heavy (non-hydrogen) atoms. The summed E-state index contributed by atoms with van der Waals surface area (Å²) >= 11 is 1.36. The molecule has 0 aliphatic carbocycles. The molecular formula is C15H13N3O2S. The fraction of sp³-hybridized carbons (Fsp3) is 0.133. The Kier molecular flexibility index (Phi) is 3.53. The lowest BCUT2D eigenvalue weighted by atomic mass is 10.1. The summed E-state index contributed by atoms with van der Waals surface area (Å²) in [5.74, 6) is 0.148. The van der Waals surface area contributed by atoms with E-state index in [0.717, 1.165) is 11.1 Å². The van der Waals surface area contributed by atoms with Crippen LogP contribution in [0.3, 0.4) is 0 Å². The predicted octanol–water partition coefficient (Wildman–Crippen LogP) is 3.67. The van der Waals surface area contributed by atoms with E-state index in [0.29, 0.717) is 10.8 Å². The quantitative estimate of drug-likeness (QED) is 0.801. The topological polar surface area (TPSA) is 68.0 Å². The summed E-state index contributed by atoms with van der Waals surface area (Å²) in [7, 11) is 0. The normalized spacial score (nSPS) is 10.6. The molecule has 6 heteroatoms. The van der Waals surface area contributed by atoms with Crippen molar-refractivity contribution >= 4 is 23.3 Å². The van der Waals surface area contributed by atoms with Crippen molar-refractivity contribution in [3.8, 4) is 11.5 Å². The first kappa shape index (κ1) is 13.5. The van der Waals surface area contributed by atoms with Crippen molar-refractivity contribution in [1.82, 2.24) is 10.2 Å². The molecule has 1 aromatic carbocycles. The second kappa shape index (κ2) is 5.49. The van der Waals surface area contributed by atoms with Crippen LogP contribution in [0.25, 0.3) is 11.5 Å². The van der Waals surface area contributed by atoms with Crippen LogP contribution in [0, 0.1) is 13.8 Å².